The van der Waals surface area contributed by atoms with Crippen molar-refractivity contribution in [1.29, 1.82) is 0 Å². The molecule has 0 spiro atoms. The summed E-state index contributed by atoms with van der Waals surface area (Å²) in [7, 11) is 0. The van der Waals surface area contributed by atoms with Crippen molar-refractivity contribution >= 4 is 11.6 Å². The predicted octanol–water partition coefficient (Wildman–Crippen LogP) is 1.20. The van der Waals surface area contributed by atoms with Gasteiger partial charge in [0.05, 0.1) is 12.6 Å². The third-order valence-electron chi connectivity index (χ3n) is 2.90. The Bertz CT molecular complexity index is 499. The Morgan fingerprint density at radius 2 is 2.06 bits per heavy atom. The van der Waals surface area contributed by atoms with E-state index in [4.69, 9.17) is 11.6 Å². The summed E-state index contributed by atoms with van der Waals surface area (Å²) >= 11 is 5.81. The van der Waals surface area contributed by atoms with Crippen molar-refractivity contribution in [2.75, 3.05) is 0 Å². The third-order valence-corrected chi connectivity index (χ3v) is 3.16. The van der Waals surface area contributed by atoms with Gasteiger partial charge in [-0.15, -0.1) is 0 Å². The van der Waals surface area contributed by atoms with Gasteiger partial charge in [-0.05, 0) is 24.6 Å². The summed E-state index contributed by atoms with van der Waals surface area (Å²) in [5.74, 6) is 0. The highest BCUT2D eigenvalue weighted by molar-refractivity contribution is 6.30. The average Bonchev–Trinajstić information content (AvgIpc) is 2.82. The van der Waals surface area contributed by atoms with Crippen molar-refractivity contribution in [1.82, 2.24) is 14.8 Å². The van der Waals surface area contributed by atoms with Crippen molar-refractivity contribution in [2.24, 2.45) is 0 Å². The minimum Gasteiger partial charge on any atom is -0.390 e. The Morgan fingerprint density at radius 3 is 2.56 bits per heavy atom. The zero-order chi connectivity index (χ0) is 13.2. The van der Waals surface area contributed by atoms with E-state index in [1.807, 2.05) is 0 Å². The average molecular weight is 268 g/mol. The Labute approximate surface area is 110 Å². The minimum atomic E-state index is -1.43. The molecule has 5 nitrogen and oxygen atoms in total. The van der Waals surface area contributed by atoms with Crippen LogP contribution >= 0.6 is 11.6 Å². The maximum atomic E-state index is 10.6. The van der Waals surface area contributed by atoms with Crippen LogP contribution in [0.3, 0.4) is 0 Å². The molecular formula is C12H14ClN3O2. The van der Waals surface area contributed by atoms with Gasteiger partial charge in [-0.3, -0.25) is 0 Å². The first-order chi connectivity index (χ1) is 8.52. The summed E-state index contributed by atoms with van der Waals surface area (Å²) in [5, 5.41) is 25.0. The summed E-state index contributed by atoms with van der Waals surface area (Å²) in [6.45, 7) is 1.65. The number of hydrogen-bond donors (Lipinski definition) is 2. The number of benzene rings is 1. The Balaban J connectivity index is 2.34. The minimum absolute atomic E-state index is 0.117. The van der Waals surface area contributed by atoms with Crippen molar-refractivity contribution in [3.8, 4) is 0 Å². The highest BCUT2D eigenvalue weighted by atomic mass is 35.5. The van der Waals surface area contributed by atoms with Gasteiger partial charge < -0.3 is 10.2 Å². The number of rotatable bonds is 4. The molecule has 1 aromatic heterocycles. The first-order valence-corrected chi connectivity index (χ1v) is 5.89. The van der Waals surface area contributed by atoms with Crippen LogP contribution in [0.15, 0.2) is 36.9 Å². The fourth-order valence-electron chi connectivity index (χ4n) is 1.76. The van der Waals surface area contributed by atoms with Crippen LogP contribution in [-0.4, -0.2) is 31.1 Å². The van der Waals surface area contributed by atoms with Crippen LogP contribution < -0.4 is 0 Å². The maximum absolute atomic E-state index is 10.6. The number of hydrogen-bond acceptors (Lipinski definition) is 4. The topological polar surface area (TPSA) is 71.2 Å². The molecule has 2 unspecified atom stereocenters. The first-order valence-electron chi connectivity index (χ1n) is 5.51. The molecular weight excluding hydrogens is 254 g/mol. The molecule has 1 aromatic carbocycles. The molecule has 0 bridgehead atoms. The second-order valence-electron chi connectivity index (χ2n) is 4.20. The smallest absolute Gasteiger partial charge is 0.137 e. The van der Waals surface area contributed by atoms with Crippen LogP contribution in [0.4, 0.5) is 0 Å². The molecule has 0 fully saturated rings. The van der Waals surface area contributed by atoms with Crippen LogP contribution in [0.2, 0.25) is 5.02 Å². The van der Waals surface area contributed by atoms with Crippen molar-refractivity contribution < 1.29 is 10.2 Å². The fourth-order valence-corrected chi connectivity index (χ4v) is 1.89. The molecule has 0 aliphatic rings. The maximum Gasteiger partial charge on any atom is 0.137 e. The lowest BCUT2D eigenvalue weighted by atomic mass is 9.89. The van der Waals surface area contributed by atoms with Crippen LogP contribution in [0, 0.1) is 0 Å². The Kier molecular flexibility index (Phi) is 3.65. The summed E-state index contributed by atoms with van der Waals surface area (Å²) in [4.78, 5) is 3.81. The molecule has 96 valence electrons. The SMILES string of the molecule is CC(O)C(O)(Cn1cncn1)c1ccc(Cl)cc1. The lowest BCUT2D eigenvalue weighted by molar-refractivity contribution is -0.0852. The van der Waals surface area contributed by atoms with Gasteiger partial charge in [0.15, 0.2) is 0 Å². The van der Waals surface area contributed by atoms with E-state index in [2.05, 4.69) is 10.1 Å². The highest BCUT2D eigenvalue weighted by Crippen LogP contribution is 2.28. The molecule has 0 saturated carbocycles. The quantitative estimate of drug-likeness (QED) is 0.873. The molecule has 18 heavy (non-hydrogen) atoms. The molecule has 0 amide bonds. The van der Waals surface area contributed by atoms with Gasteiger partial charge in [0.1, 0.15) is 18.3 Å². The molecule has 1 heterocycles. The summed E-state index contributed by atoms with van der Waals surface area (Å²) in [5.41, 5.74) is -0.851. The molecule has 2 aromatic rings. The number of halogens is 1. The summed E-state index contributed by atoms with van der Waals surface area (Å²) in [6, 6.07) is 6.72. The Hall–Kier alpha value is -1.43. The standard InChI is InChI=1S/C12H14ClN3O2/c1-9(17)12(18,6-16-8-14-7-15-16)10-2-4-11(13)5-3-10/h2-5,7-9,17-18H,6H2,1H3. The molecule has 0 radical (unpaired) electrons. The van der Waals surface area contributed by atoms with Gasteiger partial charge in [-0.25, -0.2) is 9.67 Å². The number of nitrogens with zero attached hydrogens (tertiary/aromatic N) is 3. The van der Waals surface area contributed by atoms with E-state index in [9.17, 15) is 10.2 Å². The van der Waals surface area contributed by atoms with Crippen molar-refractivity contribution in [2.45, 2.75) is 25.2 Å². The van der Waals surface area contributed by atoms with E-state index in [1.54, 1.807) is 24.3 Å². The second-order valence-corrected chi connectivity index (χ2v) is 4.64. The number of aliphatic hydroxyl groups is 2. The highest BCUT2D eigenvalue weighted by Gasteiger charge is 2.35. The molecule has 0 aliphatic carbocycles. The van der Waals surface area contributed by atoms with Gasteiger partial charge in [-0.1, -0.05) is 23.7 Å². The monoisotopic (exact) mass is 267 g/mol. The zero-order valence-electron chi connectivity index (χ0n) is 9.86. The molecule has 6 heteroatoms. The summed E-state index contributed by atoms with van der Waals surface area (Å²) < 4.78 is 1.47. The number of aromatic nitrogens is 3. The fraction of sp³-hybridized carbons (Fsp3) is 0.333. The summed E-state index contributed by atoms with van der Waals surface area (Å²) in [6.07, 6.45) is 1.91. The zero-order valence-corrected chi connectivity index (χ0v) is 10.6. The van der Waals surface area contributed by atoms with E-state index in [1.165, 1.54) is 24.3 Å². The van der Waals surface area contributed by atoms with E-state index < -0.39 is 11.7 Å². The van der Waals surface area contributed by atoms with Gasteiger partial charge in [0.25, 0.3) is 0 Å². The van der Waals surface area contributed by atoms with Crippen molar-refractivity contribution in [3.05, 3.63) is 47.5 Å². The normalized spacial score (nSPS) is 16.2. The Morgan fingerprint density at radius 1 is 1.39 bits per heavy atom. The largest absolute Gasteiger partial charge is 0.390 e. The van der Waals surface area contributed by atoms with Gasteiger partial charge in [-0.2, -0.15) is 5.10 Å². The third kappa shape index (κ3) is 2.53. The van der Waals surface area contributed by atoms with Crippen LogP contribution in [-0.2, 0) is 12.1 Å². The lowest BCUT2D eigenvalue weighted by Crippen LogP contribution is -2.41. The van der Waals surface area contributed by atoms with E-state index in [-0.39, 0.29) is 6.54 Å². The van der Waals surface area contributed by atoms with E-state index in [0.717, 1.165) is 0 Å². The molecule has 2 rings (SSSR count). The molecule has 2 atom stereocenters. The molecule has 0 saturated heterocycles. The first kappa shape index (κ1) is 13.0. The second kappa shape index (κ2) is 5.06. The van der Waals surface area contributed by atoms with Gasteiger partial charge >= 0.3 is 0 Å². The van der Waals surface area contributed by atoms with E-state index >= 15 is 0 Å². The molecule has 0 aliphatic heterocycles. The van der Waals surface area contributed by atoms with Gasteiger partial charge in [0, 0.05) is 5.02 Å². The van der Waals surface area contributed by atoms with E-state index in [0.29, 0.717) is 10.6 Å². The van der Waals surface area contributed by atoms with Crippen LogP contribution in [0.5, 0.6) is 0 Å². The van der Waals surface area contributed by atoms with Crippen LogP contribution in [0.25, 0.3) is 0 Å². The van der Waals surface area contributed by atoms with Crippen LogP contribution in [0.1, 0.15) is 12.5 Å². The molecule has 2 N–H and O–H groups in total. The predicted molar refractivity (Wildman–Crippen MR) is 67.1 cm³/mol. The van der Waals surface area contributed by atoms with Gasteiger partial charge in [0.2, 0.25) is 0 Å². The lowest BCUT2D eigenvalue weighted by Gasteiger charge is -2.31. The number of aliphatic hydroxyl groups excluding tert-OH is 1. The van der Waals surface area contributed by atoms with Crippen molar-refractivity contribution in [3.63, 3.8) is 0 Å².